The first-order valence-corrected chi connectivity index (χ1v) is 10.5. The van der Waals surface area contributed by atoms with Crippen LogP contribution in [-0.2, 0) is 6.42 Å². The van der Waals surface area contributed by atoms with Crippen LogP contribution in [0.1, 0.15) is 51.4 Å². The standard InChI is InChI=1S/C26H27NO/c1-17-13-23(15-24(18(17)2)19-11-12-19)26(28)27-16-22-9-4-3-7-20(22)14-21-8-5-6-10-25(21)27/h3-10,13,15,19-20,22H,11-12,14,16H2,1-2H3. The normalized spacial score (nSPS) is 23.1. The number of nitrogens with zero attached hydrogens (tertiary/aromatic N) is 1. The van der Waals surface area contributed by atoms with Crippen molar-refractivity contribution in [3.63, 3.8) is 0 Å². The fraction of sp³-hybridized carbons (Fsp3) is 0.346. The zero-order chi connectivity index (χ0) is 19.3. The number of rotatable bonds is 2. The quantitative estimate of drug-likeness (QED) is 0.661. The highest BCUT2D eigenvalue weighted by Crippen LogP contribution is 2.43. The molecule has 0 aromatic heterocycles. The maximum absolute atomic E-state index is 13.7. The van der Waals surface area contributed by atoms with Gasteiger partial charge in [0.2, 0.25) is 0 Å². The zero-order valence-corrected chi connectivity index (χ0v) is 16.7. The molecule has 1 saturated carbocycles. The van der Waals surface area contributed by atoms with Crippen LogP contribution < -0.4 is 4.90 Å². The fourth-order valence-corrected chi connectivity index (χ4v) is 4.80. The van der Waals surface area contributed by atoms with Gasteiger partial charge in [-0.15, -0.1) is 0 Å². The first-order chi connectivity index (χ1) is 13.6. The van der Waals surface area contributed by atoms with E-state index >= 15 is 0 Å². The van der Waals surface area contributed by atoms with Gasteiger partial charge in [-0.05, 0) is 85.4 Å². The van der Waals surface area contributed by atoms with Crippen molar-refractivity contribution in [1.82, 2.24) is 0 Å². The molecule has 142 valence electrons. The molecule has 2 atom stereocenters. The van der Waals surface area contributed by atoms with E-state index in [1.807, 2.05) is 4.90 Å². The lowest BCUT2D eigenvalue weighted by Gasteiger charge is -2.27. The average Bonchev–Trinajstić information content (AvgIpc) is 3.55. The number of anilines is 1. The molecule has 28 heavy (non-hydrogen) atoms. The van der Waals surface area contributed by atoms with Crippen LogP contribution in [0.4, 0.5) is 5.69 Å². The molecule has 2 aromatic carbocycles. The zero-order valence-electron chi connectivity index (χ0n) is 16.7. The summed E-state index contributed by atoms with van der Waals surface area (Å²) in [5.41, 5.74) is 7.16. The minimum Gasteiger partial charge on any atom is -0.307 e. The number of amides is 1. The summed E-state index contributed by atoms with van der Waals surface area (Å²) in [5.74, 6) is 1.63. The molecule has 3 aliphatic rings. The summed E-state index contributed by atoms with van der Waals surface area (Å²) in [6.45, 7) is 5.08. The highest BCUT2D eigenvalue weighted by Gasteiger charge is 2.32. The molecule has 2 aliphatic carbocycles. The predicted molar refractivity (Wildman–Crippen MR) is 115 cm³/mol. The second-order valence-corrected chi connectivity index (χ2v) is 8.63. The van der Waals surface area contributed by atoms with E-state index in [9.17, 15) is 4.79 Å². The van der Waals surface area contributed by atoms with Gasteiger partial charge >= 0.3 is 0 Å². The molecule has 0 bridgehead atoms. The molecule has 5 rings (SSSR count). The van der Waals surface area contributed by atoms with E-state index in [2.05, 4.69) is 74.5 Å². The molecule has 1 fully saturated rings. The number of carbonyl (C=O) groups excluding carboxylic acids is 1. The number of benzene rings is 2. The molecule has 0 radical (unpaired) electrons. The van der Waals surface area contributed by atoms with Gasteiger partial charge in [-0.25, -0.2) is 0 Å². The van der Waals surface area contributed by atoms with Crippen molar-refractivity contribution in [3.8, 4) is 0 Å². The number of hydrogen-bond acceptors (Lipinski definition) is 1. The SMILES string of the molecule is Cc1cc(C(=O)N2CC3C=CC=CC3Cc3ccccc32)cc(C2CC2)c1C. The number of fused-ring (bicyclic) bond motifs is 2. The Morgan fingerprint density at radius 2 is 1.75 bits per heavy atom. The lowest BCUT2D eigenvalue weighted by Crippen LogP contribution is -2.36. The van der Waals surface area contributed by atoms with Gasteiger partial charge in [0, 0.05) is 23.7 Å². The van der Waals surface area contributed by atoms with Crippen LogP contribution >= 0.6 is 0 Å². The third-order valence-electron chi connectivity index (χ3n) is 6.73. The summed E-state index contributed by atoms with van der Waals surface area (Å²) in [7, 11) is 0. The highest BCUT2D eigenvalue weighted by atomic mass is 16.2. The van der Waals surface area contributed by atoms with Gasteiger partial charge in [0.15, 0.2) is 0 Å². The molecule has 0 saturated heterocycles. The molecule has 0 spiro atoms. The number of aryl methyl sites for hydroxylation is 1. The third kappa shape index (κ3) is 3.01. The molecule has 2 heteroatoms. The maximum atomic E-state index is 13.7. The monoisotopic (exact) mass is 369 g/mol. The minimum atomic E-state index is 0.140. The Balaban J connectivity index is 1.57. The molecular formula is C26H27NO. The molecule has 2 nitrogen and oxygen atoms in total. The smallest absolute Gasteiger partial charge is 0.258 e. The maximum Gasteiger partial charge on any atom is 0.258 e. The van der Waals surface area contributed by atoms with E-state index in [0.717, 1.165) is 24.2 Å². The lowest BCUT2D eigenvalue weighted by molar-refractivity contribution is 0.0983. The van der Waals surface area contributed by atoms with E-state index in [4.69, 9.17) is 0 Å². The van der Waals surface area contributed by atoms with Crippen LogP contribution in [0.5, 0.6) is 0 Å². The number of hydrogen-bond donors (Lipinski definition) is 0. The molecule has 1 heterocycles. The lowest BCUT2D eigenvalue weighted by atomic mass is 9.85. The van der Waals surface area contributed by atoms with Crippen molar-refractivity contribution in [2.75, 3.05) is 11.4 Å². The average molecular weight is 370 g/mol. The van der Waals surface area contributed by atoms with Crippen molar-refractivity contribution in [2.24, 2.45) is 11.8 Å². The second kappa shape index (κ2) is 6.77. The summed E-state index contributed by atoms with van der Waals surface area (Å²) >= 11 is 0. The predicted octanol–water partition coefficient (Wildman–Crippen LogP) is 5.74. The fourth-order valence-electron chi connectivity index (χ4n) is 4.80. The number of allylic oxidation sites excluding steroid dienone is 3. The summed E-state index contributed by atoms with van der Waals surface area (Å²) in [5, 5.41) is 0. The number of carbonyl (C=O) groups is 1. The van der Waals surface area contributed by atoms with Crippen molar-refractivity contribution in [3.05, 3.63) is 88.5 Å². The van der Waals surface area contributed by atoms with Gasteiger partial charge in [0.25, 0.3) is 5.91 Å². The molecule has 2 aromatic rings. The van der Waals surface area contributed by atoms with Gasteiger partial charge in [0.05, 0.1) is 0 Å². The van der Waals surface area contributed by atoms with Gasteiger partial charge in [-0.2, -0.15) is 0 Å². The largest absolute Gasteiger partial charge is 0.307 e. The van der Waals surface area contributed by atoms with Gasteiger partial charge in [-0.3, -0.25) is 4.79 Å². The van der Waals surface area contributed by atoms with Gasteiger partial charge in [-0.1, -0.05) is 42.5 Å². The van der Waals surface area contributed by atoms with Crippen LogP contribution in [0.25, 0.3) is 0 Å². The Labute approximate surface area is 167 Å². The summed E-state index contributed by atoms with van der Waals surface area (Å²) < 4.78 is 0. The highest BCUT2D eigenvalue weighted by molar-refractivity contribution is 6.07. The Morgan fingerprint density at radius 1 is 1.00 bits per heavy atom. The molecule has 1 amide bonds. The van der Waals surface area contributed by atoms with Crippen molar-refractivity contribution >= 4 is 11.6 Å². The Kier molecular flexibility index (Phi) is 4.23. The topological polar surface area (TPSA) is 20.3 Å². The Bertz CT molecular complexity index is 995. The molecule has 0 N–H and O–H groups in total. The molecule has 2 unspecified atom stereocenters. The van der Waals surface area contributed by atoms with Crippen LogP contribution in [0.2, 0.25) is 0 Å². The van der Waals surface area contributed by atoms with Crippen molar-refractivity contribution in [2.45, 2.75) is 39.0 Å². The van der Waals surface area contributed by atoms with Crippen LogP contribution in [0.15, 0.2) is 60.7 Å². The van der Waals surface area contributed by atoms with E-state index in [1.165, 1.54) is 35.1 Å². The summed E-state index contributed by atoms with van der Waals surface area (Å²) in [6.07, 6.45) is 12.3. The first-order valence-electron chi connectivity index (χ1n) is 10.5. The third-order valence-corrected chi connectivity index (χ3v) is 6.73. The first kappa shape index (κ1) is 17.5. The Hall–Kier alpha value is -2.61. The Morgan fingerprint density at radius 3 is 2.54 bits per heavy atom. The molecular weight excluding hydrogens is 342 g/mol. The van der Waals surface area contributed by atoms with E-state index < -0.39 is 0 Å². The van der Waals surface area contributed by atoms with E-state index in [1.54, 1.807) is 0 Å². The molecule has 1 aliphatic heterocycles. The van der Waals surface area contributed by atoms with Crippen LogP contribution in [0.3, 0.4) is 0 Å². The van der Waals surface area contributed by atoms with Crippen LogP contribution in [-0.4, -0.2) is 12.5 Å². The summed E-state index contributed by atoms with van der Waals surface area (Å²) in [6, 6.07) is 12.7. The van der Waals surface area contributed by atoms with E-state index in [0.29, 0.717) is 17.8 Å². The minimum absolute atomic E-state index is 0.140. The van der Waals surface area contributed by atoms with Gasteiger partial charge in [0.1, 0.15) is 0 Å². The second-order valence-electron chi connectivity index (χ2n) is 8.63. The van der Waals surface area contributed by atoms with E-state index in [-0.39, 0.29) is 5.91 Å². The van der Waals surface area contributed by atoms with Crippen molar-refractivity contribution < 1.29 is 4.79 Å². The number of para-hydroxylation sites is 1. The van der Waals surface area contributed by atoms with Crippen LogP contribution in [0, 0.1) is 25.7 Å². The van der Waals surface area contributed by atoms with Gasteiger partial charge < -0.3 is 4.90 Å². The summed E-state index contributed by atoms with van der Waals surface area (Å²) in [4.78, 5) is 15.8. The van der Waals surface area contributed by atoms with Crippen molar-refractivity contribution in [1.29, 1.82) is 0 Å².